The number of nitrogens with one attached hydrogen (secondary N) is 1. The fraction of sp³-hybridized carbons (Fsp3) is 0.467. The Morgan fingerprint density at radius 2 is 2.20 bits per heavy atom. The SMILES string of the molecule is CCNC(C)c1cc(C)ccc1OCc1cn(C)nn1. The van der Waals surface area contributed by atoms with E-state index in [1.165, 1.54) is 11.1 Å². The third kappa shape index (κ3) is 3.57. The van der Waals surface area contributed by atoms with Crippen LogP contribution in [0.3, 0.4) is 0 Å². The van der Waals surface area contributed by atoms with E-state index in [-0.39, 0.29) is 6.04 Å². The summed E-state index contributed by atoms with van der Waals surface area (Å²) in [5, 5.41) is 11.4. The first-order valence-electron chi connectivity index (χ1n) is 6.92. The van der Waals surface area contributed by atoms with Gasteiger partial charge in [-0.05, 0) is 26.5 Å². The van der Waals surface area contributed by atoms with Crippen LogP contribution in [0, 0.1) is 6.92 Å². The quantitative estimate of drug-likeness (QED) is 0.878. The number of hydrogen-bond donors (Lipinski definition) is 1. The normalized spacial score (nSPS) is 12.4. The smallest absolute Gasteiger partial charge is 0.134 e. The molecule has 0 saturated heterocycles. The number of nitrogens with zero attached hydrogens (tertiary/aromatic N) is 3. The molecule has 1 heterocycles. The van der Waals surface area contributed by atoms with E-state index in [2.05, 4.69) is 48.5 Å². The maximum atomic E-state index is 5.90. The summed E-state index contributed by atoms with van der Waals surface area (Å²) in [6.45, 7) is 7.70. The topological polar surface area (TPSA) is 52.0 Å². The van der Waals surface area contributed by atoms with Crippen molar-refractivity contribution in [2.45, 2.75) is 33.4 Å². The van der Waals surface area contributed by atoms with Crippen molar-refractivity contribution in [2.75, 3.05) is 6.54 Å². The minimum Gasteiger partial charge on any atom is -0.487 e. The zero-order valence-electron chi connectivity index (χ0n) is 12.6. The summed E-state index contributed by atoms with van der Waals surface area (Å²) in [5.74, 6) is 0.898. The Labute approximate surface area is 120 Å². The lowest BCUT2D eigenvalue weighted by atomic mass is 10.0. The van der Waals surface area contributed by atoms with Crippen molar-refractivity contribution in [2.24, 2.45) is 7.05 Å². The van der Waals surface area contributed by atoms with E-state index < -0.39 is 0 Å². The fourth-order valence-corrected chi connectivity index (χ4v) is 2.17. The van der Waals surface area contributed by atoms with Crippen molar-refractivity contribution >= 4 is 0 Å². The molecule has 1 aromatic heterocycles. The Hall–Kier alpha value is -1.88. The molecule has 0 aliphatic rings. The molecule has 2 rings (SSSR count). The third-order valence-corrected chi connectivity index (χ3v) is 3.17. The molecule has 0 aliphatic carbocycles. The zero-order valence-corrected chi connectivity index (χ0v) is 12.6. The van der Waals surface area contributed by atoms with E-state index in [1.807, 2.05) is 19.3 Å². The van der Waals surface area contributed by atoms with Crippen LogP contribution >= 0.6 is 0 Å². The maximum Gasteiger partial charge on any atom is 0.134 e. The summed E-state index contributed by atoms with van der Waals surface area (Å²) < 4.78 is 7.58. The van der Waals surface area contributed by atoms with Gasteiger partial charge in [0.25, 0.3) is 0 Å². The zero-order chi connectivity index (χ0) is 14.5. The van der Waals surface area contributed by atoms with Crippen LogP contribution in [0.5, 0.6) is 5.75 Å². The minimum absolute atomic E-state index is 0.261. The average molecular weight is 274 g/mol. The van der Waals surface area contributed by atoms with E-state index >= 15 is 0 Å². The monoisotopic (exact) mass is 274 g/mol. The molecular formula is C15H22N4O. The van der Waals surface area contributed by atoms with Gasteiger partial charge in [-0.3, -0.25) is 4.68 Å². The Morgan fingerprint density at radius 1 is 1.40 bits per heavy atom. The van der Waals surface area contributed by atoms with Crippen molar-refractivity contribution in [1.29, 1.82) is 0 Å². The molecule has 2 aromatic rings. The van der Waals surface area contributed by atoms with Gasteiger partial charge in [0.2, 0.25) is 0 Å². The molecule has 1 aromatic carbocycles. The lowest BCUT2D eigenvalue weighted by Crippen LogP contribution is -2.18. The van der Waals surface area contributed by atoms with Gasteiger partial charge < -0.3 is 10.1 Å². The number of hydrogen-bond acceptors (Lipinski definition) is 4. The molecule has 20 heavy (non-hydrogen) atoms. The molecule has 0 spiro atoms. The van der Waals surface area contributed by atoms with Crippen molar-refractivity contribution in [3.63, 3.8) is 0 Å². The van der Waals surface area contributed by atoms with Crippen LogP contribution in [0.1, 0.15) is 36.7 Å². The summed E-state index contributed by atoms with van der Waals surface area (Å²) in [7, 11) is 1.85. The Balaban J connectivity index is 2.13. The van der Waals surface area contributed by atoms with Crippen molar-refractivity contribution < 1.29 is 4.74 Å². The molecule has 0 saturated carbocycles. The largest absolute Gasteiger partial charge is 0.487 e. The van der Waals surface area contributed by atoms with Crippen LogP contribution in [0.4, 0.5) is 0 Å². The van der Waals surface area contributed by atoms with Crippen molar-refractivity contribution in [3.05, 3.63) is 41.2 Å². The standard InChI is InChI=1S/C15H22N4O/c1-5-16-12(3)14-8-11(2)6-7-15(14)20-10-13-9-19(4)18-17-13/h6-9,12,16H,5,10H2,1-4H3. The van der Waals surface area contributed by atoms with Crippen LogP contribution in [0.25, 0.3) is 0 Å². The maximum absolute atomic E-state index is 5.90. The molecule has 0 aliphatic heterocycles. The van der Waals surface area contributed by atoms with Gasteiger partial charge in [-0.2, -0.15) is 0 Å². The Morgan fingerprint density at radius 3 is 2.85 bits per heavy atom. The lowest BCUT2D eigenvalue weighted by Gasteiger charge is -2.18. The molecule has 108 valence electrons. The molecule has 5 nitrogen and oxygen atoms in total. The number of aryl methyl sites for hydroxylation is 2. The third-order valence-electron chi connectivity index (χ3n) is 3.17. The summed E-state index contributed by atoms with van der Waals surface area (Å²) in [4.78, 5) is 0. The highest BCUT2D eigenvalue weighted by Gasteiger charge is 2.12. The van der Waals surface area contributed by atoms with E-state index in [0.29, 0.717) is 6.61 Å². The first-order valence-corrected chi connectivity index (χ1v) is 6.92. The fourth-order valence-electron chi connectivity index (χ4n) is 2.17. The molecule has 1 unspecified atom stereocenters. The number of ether oxygens (including phenoxy) is 1. The van der Waals surface area contributed by atoms with Crippen LogP contribution in [0.2, 0.25) is 0 Å². The van der Waals surface area contributed by atoms with Crippen molar-refractivity contribution in [1.82, 2.24) is 20.3 Å². The molecular weight excluding hydrogens is 252 g/mol. The molecule has 0 bridgehead atoms. The predicted octanol–water partition coefficient (Wildman–Crippen LogP) is 2.37. The van der Waals surface area contributed by atoms with E-state index in [0.717, 1.165) is 18.0 Å². The summed E-state index contributed by atoms with van der Waals surface area (Å²) in [5.41, 5.74) is 3.24. The highest BCUT2D eigenvalue weighted by atomic mass is 16.5. The van der Waals surface area contributed by atoms with Crippen LogP contribution in [0.15, 0.2) is 24.4 Å². The van der Waals surface area contributed by atoms with Gasteiger partial charge in [0.15, 0.2) is 0 Å². The number of rotatable bonds is 6. The molecule has 0 radical (unpaired) electrons. The highest BCUT2D eigenvalue weighted by molar-refractivity contribution is 5.39. The highest BCUT2D eigenvalue weighted by Crippen LogP contribution is 2.26. The molecule has 0 amide bonds. The Kier molecular flexibility index (Phi) is 4.74. The van der Waals surface area contributed by atoms with Crippen LogP contribution in [-0.4, -0.2) is 21.5 Å². The van der Waals surface area contributed by atoms with Crippen LogP contribution < -0.4 is 10.1 Å². The summed E-state index contributed by atoms with van der Waals surface area (Å²) in [6, 6.07) is 6.51. The van der Waals surface area contributed by atoms with E-state index in [4.69, 9.17) is 4.74 Å². The summed E-state index contributed by atoms with van der Waals surface area (Å²) in [6.07, 6.45) is 1.86. The van der Waals surface area contributed by atoms with E-state index in [9.17, 15) is 0 Å². The lowest BCUT2D eigenvalue weighted by molar-refractivity contribution is 0.295. The van der Waals surface area contributed by atoms with Gasteiger partial charge in [0, 0.05) is 18.7 Å². The first kappa shape index (κ1) is 14.5. The second-order valence-electron chi connectivity index (χ2n) is 4.99. The second-order valence-corrected chi connectivity index (χ2v) is 4.99. The average Bonchev–Trinajstić information content (AvgIpc) is 2.83. The van der Waals surface area contributed by atoms with E-state index in [1.54, 1.807) is 4.68 Å². The first-order chi connectivity index (χ1) is 9.60. The molecule has 1 N–H and O–H groups in total. The van der Waals surface area contributed by atoms with Gasteiger partial charge in [-0.1, -0.05) is 29.8 Å². The van der Waals surface area contributed by atoms with Crippen LogP contribution in [-0.2, 0) is 13.7 Å². The van der Waals surface area contributed by atoms with Gasteiger partial charge in [0.1, 0.15) is 18.1 Å². The number of benzene rings is 1. The summed E-state index contributed by atoms with van der Waals surface area (Å²) >= 11 is 0. The number of aromatic nitrogens is 3. The minimum atomic E-state index is 0.261. The van der Waals surface area contributed by atoms with Gasteiger partial charge in [-0.25, -0.2) is 0 Å². The second kappa shape index (κ2) is 6.52. The molecule has 0 fully saturated rings. The Bertz CT molecular complexity index is 565. The molecule has 1 atom stereocenters. The van der Waals surface area contributed by atoms with Gasteiger partial charge in [-0.15, -0.1) is 5.10 Å². The van der Waals surface area contributed by atoms with Gasteiger partial charge >= 0.3 is 0 Å². The van der Waals surface area contributed by atoms with Gasteiger partial charge in [0.05, 0.1) is 6.20 Å². The predicted molar refractivity (Wildman–Crippen MR) is 78.6 cm³/mol. The molecule has 5 heteroatoms. The van der Waals surface area contributed by atoms with Crippen molar-refractivity contribution in [3.8, 4) is 5.75 Å².